The summed E-state index contributed by atoms with van der Waals surface area (Å²) < 4.78 is 30.5. The molecule has 0 aliphatic carbocycles. The van der Waals surface area contributed by atoms with E-state index < -0.39 is 10.0 Å². The Morgan fingerprint density at radius 1 is 1.33 bits per heavy atom. The second kappa shape index (κ2) is 8.48. The molecule has 7 heteroatoms. The lowest BCUT2D eigenvalue weighted by Crippen LogP contribution is -2.46. The molecule has 1 aromatic carbocycles. The van der Waals surface area contributed by atoms with Crippen LogP contribution in [0.1, 0.15) is 25.3 Å². The molecule has 1 heterocycles. The van der Waals surface area contributed by atoms with E-state index >= 15 is 0 Å². The van der Waals surface area contributed by atoms with Crippen molar-refractivity contribution in [1.29, 1.82) is 0 Å². The molecule has 24 heavy (non-hydrogen) atoms. The zero-order valence-corrected chi connectivity index (χ0v) is 15.1. The molecule has 0 saturated carbocycles. The zero-order chi connectivity index (χ0) is 17.6. The summed E-state index contributed by atoms with van der Waals surface area (Å²) in [6.07, 6.45) is 2.21. The van der Waals surface area contributed by atoms with Crippen LogP contribution in [0.4, 0.5) is 0 Å². The summed E-state index contributed by atoms with van der Waals surface area (Å²) >= 11 is 0. The van der Waals surface area contributed by atoms with E-state index in [0.29, 0.717) is 19.6 Å². The lowest BCUT2D eigenvalue weighted by Gasteiger charge is -2.30. The molecule has 0 unspecified atom stereocenters. The normalized spacial score (nSPS) is 19.0. The fourth-order valence-electron chi connectivity index (χ4n) is 2.86. The number of nitrogens with zero attached hydrogens (tertiary/aromatic N) is 1. The minimum Gasteiger partial charge on any atom is -0.497 e. The molecular weight excluding hydrogens is 328 g/mol. The number of benzene rings is 1. The molecule has 6 nitrogen and oxygen atoms in total. The molecular formula is C17H26N2O4S. The Labute approximate surface area is 144 Å². The molecule has 1 aromatic rings. The third kappa shape index (κ3) is 4.95. The van der Waals surface area contributed by atoms with Gasteiger partial charge in [0.05, 0.1) is 18.8 Å². The molecule has 1 aliphatic rings. The van der Waals surface area contributed by atoms with Crippen LogP contribution < -0.4 is 10.1 Å². The lowest BCUT2D eigenvalue weighted by molar-refractivity contribution is -0.126. The first kappa shape index (κ1) is 18.7. The SMILES string of the molecule is CCS(=O)(=O)N1CCC[C@@H](C(=O)NCCc2ccc(OC)cc2)C1. The van der Waals surface area contributed by atoms with Gasteiger partial charge in [0.1, 0.15) is 5.75 Å². The van der Waals surface area contributed by atoms with Crippen molar-refractivity contribution in [2.45, 2.75) is 26.2 Å². The largest absolute Gasteiger partial charge is 0.497 e. The van der Waals surface area contributed by atoms with E-state index in [2.05, 4.69) is 5.32 Å². The average Bonchev–Trinajstić information content (AvgIpc) is 2.62. The third-order valence-corrected chi connectivity index (χ3v) is 6.23. The van der Waals surface area contributed by atoms with Crippen molar-refractivity contribution < 1.29 is 17.9 Å². The van der Waals surface area contributed by atoms with Crippen molar-refractivity contribution in [3.05, 3.63) is 29.8 Å². The summed E-state index contributed by atoms with van der Waals surface area (Å²) in [5, 5.41) is 2.93. The number of methoxy groups -OCH3 is 1. The molecule has 1 N–H and O–H groups in total. The number of nitrogens with one attached hydrogen (secondary N) is 1. The number of carbonyl (C=O) groups excluding carboxylic acids is 1. The van der Waals surface area contributed by atoms with Crippen LogP contribution in [0.5, 0.6) is 5.75 Å². The maximum absolute atomic E-state index is 12.3. The molecule has 1 amide bonds. The van der Waals surface area contributed by atoms with Gasteiger partial charge in [-0.3, -0.25) is 4.79 Å². The summed E-state index contributed by atoms with van der Waals surface area (Å²) in [4.78, 5) is 12.3. The predicted molar refractivity (Wildman–Crippen MR) is 93.5 cm³/mol. The predicted octanol–water partition coefficient (Wildman–Crippen LogP) is 1.42. The van der Waals surface area contributed by atoms with Gasteiger partial charge in [0.2, 0.25) is 15.9 Å². The molecule has 2 rings (SSSR count). The van der Waals surface area contributed by atoms with Crippen LogP contribution in [0.25, 0.3) is 0 Å². The smallest absolute Gasteiger partial charge is 0.224 e. The highest BCUT2D eigenvalue weighted by molar-refractivity contribution is 7.89. The summed E-state index contributed by atoms with van der Waals surface area (Å²) in [5.74, 6) is 0.580. The first-order valence-electron chi connectivity index (χ1n) is 8.34. The molecule has 0 spiro atoms. The first-order chi connectivity index (χ1) is 11.5. The van der Waals surface area contributed by atoms with E-state index in [4.69, 9.17) is 4.74 Å². The number of ether oxygens (including phenoxy) is 1. The van der Waals surface area contributed by atoms with Crippen LogP contribution in [-0.4, -0.2) is 51.1 Å². The van der Waals surface area contributed by atoms with Crippen LogP contribution in [-0.2, 0) is 21.2 Å². The van der Waals surface area contributed by atoms with Crippen molar-refractivity contribution in [3.8, 4) is 5.75 Å². The van der Waals surface area contributed by atoms with E-state index in [1.54, 1.807) is 14.0 Å². The fraction of sp³-hybridized carbons (Fsp3) is 0.588. The van der Waals surface area contributed by atoms with Crippen LogP contribution in [0.15, 0.2) is 24.3 Å². The number of hydrogen-bond acceptors (Lipinski definition) is 4. The summed E-state index contributed by atoms with van der Waals surface area (Å²) in [5.41, 5.74) is 1.12. The second-order valence-electron chi connectivity index (χ2n) is 5.99. The standard InChI is InChI=1S/C17H26N2O4S/c1-3-24(21,22)19-12-4-5-15(13-19)17(20)18-11-10-14-6-8-16(23-2)9-7-14/h6-9,15H,3-5,10-13H2,1-2H3,(H,18,20)/t15-/m1/s1. The van der Waals surface area contributed by atoms with Gasteiger partial charge >= 0.3 is 0 Å². The molecule has 0 radical (unpaired) electrons. The molecule has 1 saturated heterocycles. The molecule has 1 fully saturated rings. The van der Waals surface area contributed by atoms with Crippen molar-refractivity contribution in [1.82, 2.24) is 9.62 Å². The number of amides is 1. The lowest BCUT2D eigenvalue weighted by atomic mass is 9.99. The topological polar surface area (TPSA) is 75.7 Å². The van der Waals surface area contributed by atoms with Crippen LogP contribution in [0.3, 0.4) is 0 Å². The summed E-state index contributed by atoms with van der Waals surface area (Å²) in [7, 11) is -1.59. The maximum Gasteiger partial charge on any atom is 0.224 e. The molecule has 134 valence electrons. The maximum atomic E-state index is 12.3. The van der Waals surface area contributed by atoms with Gasteiger partial charge in [0, 0.05) is 19.6 Å². The highest BCUT2D eigenvalue weighted by atomic mass is 32.2. The quantitative estimate of drug-likeness (QED) is 0.803. The van der Waals surface area contributed by atoms with Crippen molar-refractivity contribution >= 4 is 15.9 Å². The highest BCUT2D eigenvalue weighted by Crippen LogP contribution is 2.19. The Hall–Kier alpha value is -1.60. The van der Waals surface area contributed by atoms with Gasteiger partial charge in [0.25, 0.3) is 0 Å². The van der Waals surface area contributed by atoms with Gasteiger partial charge in [-0.15, -0.1) is 0 Å². The molecule has 0 bridgehead atoms. The van der Waals surface area contributed by atoms with Gasteiger partial charge in [-0.05, 0) is 43.9 Å². The third-order valence-electron chi connectivity index (χ3n) is 4.39. The van der Waals surface area contributed by atoms with E-state index in [-0.39, 0.29) is 17.6 Å². The number of hydrogen-bond donors (Lipinski definition) is 1. The highest BCUT2D eigenvalue weighted by Gasteiger charge is 2.31. The minimum atomic E-state index is -3.22. The van der Waals surface area contributed by atoms with Gasteiger partial charge in [-0.2, -0.15) is 0 Å². The number of piperidine rings is 1. The first-order valence-corrected chi connectivity index (χ1v) is 9.95. The average molecular weight is 354 g/mol. The van der Waals surface area contributed by atoms with E-state index in [1.807, 2.05) is 24.3 Å². The Morgan fingerprint density at radius 2 is 2.04 bits per heavy atom. The van der Waals surface area contributed by atoms with Crippen molar-refractivity contribution in [2.24, 2.45) is 5.92 Å². The van der Waals surface area contributed by atoms with Crippen LogP contribution >= 0.6 is 0 Å². The summed E-state index contributed by atoms with van der Waals surface area (Å²) in [6.45, 7) is 2.99. The summed E-state index contributed by atoms with van der Waals surface area (Å²) in [6, 6.07) is 7.74. The van der Waals surface area contributed by atoms with Crippen LogP contribution in [0, 0.1) is 5.92 Å². The number of carbonyl (C=O) groups is 1. The van der Waals surface area contributed by atoms with Crippen molar-refractivity contribution in [3.63, 3.8) is 0 Å². The Kier molecular flexibility index (Phi) is 6.62. The Balaban J connectivity index is 1.81. The van der Waals surface area contributed by atoms with E-state index in [1.165, 1.54) is 4.31 Å². The Morgan fingerprint density at radius 3 is 2.67 bits per heavy atom. The van der Waals surface area contributed by atoms with E-state index in [9.17, 15) is 13.2 Å². The molecule has 1 aliphatic heterocycles. The Bertz CT molecular complexity index is 643. The molecule has 0 aromatic heterocycles. The van der Waals surface area contributed by atoms with Gasteiger partial charge < -0.3 is 10.1 Å². The number of sulfonamides is 1. The monoisotopic (exact) mass is 354 g/mol. The molecule has 1 atom stereocenters. The number of rotatable bonds is 7. The minimum absolute atomic E-state index is 0.0560. The van der Waals surface area contributed by atoms with Gasteiger partial charge in [-0.1, -0.05) is 12.1 Å². The van der Waals surface area contributed by atoms with Gasteiger partial charge in [0.15, 0.2) is 0 Å². The fourth-order valence-corrected chi connectivity index (χ4v) is 4.04. The zero-order valence-electron chi connectivity index (χ0n) is 14.3. The van der Waals surface area contributed by atoms with Crippen molar-refractivity contribution in [2.75, 3.05) is 32.5 Å². The second-order valence-corrected chi connectivity index (χ2v) is 8.24. The van der Waals surface area contributed by atoms with Crippen LogP contribution in [0.2, 0.25) is 0 Å². The van der Waals surface area contributed by atoms with Gasteiger partial charge in [-0.25, -0.2) is 12.7 Å². The van der Waals surface area contributed by atoms with E-state index in [0.717, 1.165) is 30.6 Å².